The topological polar surface area (TPSA) is 80.9 Å². The highest BCUT2D eigenvalue weighted by Crippen LogP contribution is 2.11. The molecule has 4 N–H and O–H groups in total. The van der Waals surface area contributed by atoms with Gasteiger partial charge >= 0.3 is 0 Å². The normalized spacial score (nSPS) is 11.4. The molecule has 6 nitrogen and oxygen atoms in total. The summed E-state index contributed by atoms with van der Waals surface area (Å²) in [6.07, 6.45) is 0.865. The van der Waals surface area contributed by atoms with Crippen LogP contribution in [0.25, 0.3) is 0 Å². The molecule has 1 aromatic carbocycles. The highest BCUT2D eigenvalue weighted by Gasteiger charge is 1.99. The molecule has 6 heteroatoms. The Bertz CT molecular complexity index is 410. The van der Waals surface area contributed by atoms with Gasteiger partial charge in [-0.3, -0.25) is 10.4 Å². The van der Waals surface area contributed by atoms with Crippen LogP contribution in [0.5, 0.6) is 0 Å². The van der Waals surface area contributed by atoms with Crippen LogP contribution in [-0.2, 0) is 16.1 Å². The van der Waals surface area contributed by atoms with E-state index in [9.17, 15) is 0 Å². The van der Waals surface area contributed by atoms with Gasteiger partial charge in [-0.05, 0) is 31.0 Å². The molecule has 0 bridgehead atoms. The molecule has 0 aliphatic rings. The van der Waals surface area contributed by atoms with Gasteiger partial charge in [0, 0.05) is 32.6 Å². The van der Waals surface area contributed by atoms with Crippen molar-refractivity contribution >= 4 is 11.6 Å². The third-order valence-corrected chi connectivity index (χ3v) is 2.56. The number of nitrogens with two attached hydrogens (primary N) is 1. The molecule has 0 amide bonds. The van der Waals surface area contributed by atoms with E-state index in [0.717, 1.165) is 24.3 Å². The van der Waals surface area contributed by atoms with Gasteiger partial charge in [-0.2, -0.15) is 0 Å². The molecule has 112 valence electrons. The molecule has 0 aliphatic carbocycles. The zero-order chi connectivity index (χ0) is 14.6. The number of rotatable bonds is 8. The Hall–Kier alpha value is -1.63. The van der Waals surface area contributed by atoms with E-state index < -0.39 is 0 Å². The Kier molecular flexibility index (Phi) is 8.37. The summed E-state index contributed by atoms with van der Waals surface area (Å²) in [7, 11) is 1.67. The molecule has 0 fully saturated rings. The number of anilines is 1. The molecule has 1 aromatic rings. The first-order valence-electron chi connectivity index (χ1n) is 6.73. The Labute approximate surface area is 120 Å². The van der Waals surface area contributed by atoms with Crippen molar-refractivity contribution in [3.8, 4) is 0 Å². The van der Waals surface area contributed by atoms with Crippen LogP contribution in [0.1, 0.15) is 18.9 Å². The number of methoxy groups -OCH3 is 1. The maximum absolute atomic E-state index is 5.46. The first-order chi connectivity index (χ1) is 9.80. The lowest BCUT2D eigenvalue weighted by Gasteiger charge is -2.10. The van der Waals surface area contributed by atoms with Gasteiger partial charge in [-0.15, -0.1) is 0 Å². The number of benzene rings is 1. The van der Waals surface area contributed by atoms with Crippen LogP contribution in [0.4, 0.5) is 5.69 Å². The first-order valence-corrected chi connectivity index (χ1v) is 6.73. The monoisotopic (exact) mass is 280 g/mol. The minimum absolute atomic E-state index is 0.538. The zero-order valence-electron chi connectivity index (χ0n) is 12.2. The van der Waals surface area contributed by atoms with Crippen molar-refractivity contribution in [2.75, 3.05) is 32.2 Å². The second-order valence-corrected chi connectivity index (χ2v) is 4.18. The van der Waals surface area contributed by atoms with Crippen LogP contribution in [0.3, 0.4) is 0 Å². The summed E-state index contributed by atoms with van der Waals surface area (Å²) in [6.45, 7) is 4.65. The van der Waals surface area contributed by atoms with E-state index in [4.69, 9.17) is 15.3 Å². The molecule has 0 spiro atoms. The Morgan fingerprint density at radius 3 is 2.95 bits per heavy atom. The lowest BCUT2D eigenvalue weighted by atomic mass is 10.2. The summed E-state index contributed by atoms with van der Waals surface area (Å²) < 4.78 is 10.4. The van der Waals surface area contributed by atoms with E-state index in [-0.39, 0.29) is 0 Å². The first kappa shape index (κ1) is 16.4. The van der Waals surface area contributed by atoms with Crippen molar-refractivity contribution in [2.45, 2.75) is 20.0 Å². The van der Waals surface area contributed by atoms with Crippen LogP contribution in [0, 0.1) is 0 Å². The lowest BCUT2D eigenvalue weighted by Crippen LogP contribution is -2.36. The summed E-state index contributed by atoms with van der Waals surface area (Å²) in [5.74, 6) is 6.00. The molecule has 0 saturated heterocycles. The third kappa shape index (κ3) is 6.51. The van der Waals surface area contributed by atoms with E-state index in [1.165, 1.54) is 0 Å². The van der Waals surface area contributed by atoms with Crippen LogP contribution < -0.4 is 16.6 Å². The van der Waals surface area contributed by atoms with Gasteiger partial charge in [0.1, 0.15) is 0 Å². The van der Waals surface area contributed by atoms with Gasteiger partial charge in [0.2, 0.25) is 5.96 Å². The number of nitrogens with zero attached hydrogens (tertiary/aromatic N) is 1. The van der Waals surface area contributed by atoms with Crippen molar-refractivity contribution in [3.05, 3.63) is 29.8 Å². The summed E-state index contributed by atoms with van der Waals surface area (Å²) >= 11 is 0. The molecular formula is C14H24N4O2. The molecule has 0 saturated carbocycles. The maximum atomic E-state index is 5.46. The standard InChI is InChI=1S/C14H24N4O2/c1-3-20-9-5-8-16-14(18-15)17-13-7-4-6-12(10-13)11-19-2/h4,6-7,10H,3,5,8-9,11,15H2,1-2H3,(H2,16,17,18). The fraction of sp³-hybridized carbons (Fsp3) is 0.500. The van der Waals surface area contributed by atoms with Crippen molar-refractivity contribution < 1.29 is 9.47 Å². The number of aliphatic imine (C=N–C) groups is 1. The zero-order valence-corrected chi connectivity index (χ0v) is 12.2. The van der Waals surface area contributed by atoms with Gasteiger partial charge in [0.15, 0.2) is 0 Å². The molecule has 1 rings (SSSR count). The van der Waals surface area contributed by atoms with Gasteiger partial charge < -0.3 is 14.8 Å². The summed E-state index contributed by atoms with van der Waals surface area (Å²) in [4.78, 5) is 4.34. The van der Waals surface area contributed by atoms with Crippen LogP contribution >= 0.6 is 0 Å². The van der Waals surface area contributed by atoms with Crippen molar-refractivity contribution in [3.63, 3.8) is 0 Å². The quantitative estimate of drug-likeness (QED) is 0.221. The minimum Gasteiger partial charge on any atom is -0.382 e. The minimum atomic E-state index is 0.538. The summed E-state index contributed by atoms with van der Waals surface area (Å²) in [5.41, 5.74) is 4.57. The molecule has 0 unspecified atom stereocenters. The molecule has 20 heavy (non-hydrogen) atoms. The number of ether oxygens (including phenoxy) is 2. The van der Waals surface area contributed by atoms with Crippen molar-refractivity contribution in [1.82, 2.24) is 5.43 Å². The fourth-order valence-corrected chi connectivity index (χ4v) is 1.67. The van der Waals surface area contributed by atoms with Gasteiger partial charge in [-0.1, -0.05) is 12.1 Å². The molecule has 0 aliphatic heterocycles. The van der Waals surface area contributed by atoms with Crippen LogP contribution in [0.15, 0.2) is 29.3 Å². The number of hydrogen-bond acceptors (Lipinski definition) is 4. The second-order valence-electron chi connectivity index (χ2n) is 4.18. The highest BCUT2D eigenvalue weighted by molar-refractivity contribution is 5.93. The van der Waals surface area contributed by atoms with Crippen molar-refractivity contribution in [1.29, 1.82) is 0 Å². The average molecular weight is 280 g/mol. The van der Waals surface area contributed by atoms with Gasteiger partial charge in [-0.25, -0.2) is 5.84 Å². The van der Waals surface area contributed by atoms with E-state index in [0.29, 0.717) is 25.7 Å². The number of hydrazine groups is 1. The number of hydrogen-bond donors (Lipinski definition) is 3. The molecular weight excluding hydrogens is 256 g/mol. The van der Waals surface area contributed by atoms with Crippen LogP contribution in [-0.4, -0.2) is 32.8 Å². The predicted molar refractivity (Wildman–Crippen MR) is 81.5 cm³/mol. The molecule has 0 atom stereocenters. The van der Waals surface area contributed by atoms with Crippen LogP contribution in [0.2, 0.25) is 0 Å². The lowest BCUT2D eigenvalue weighted by molar-refractivity contribution is 0.146. The Morgan fingerprint density at radius 1 is 1.40 bits per heavy atom. The molecule has 0 aromatic heterocycles. The second kappa shape index (κ2) is 10.2. The number of nitrogens with one attached hydrogen (secondary N) is 2. The summed E-state index contributed by atoms with van der Waals surface area (Å²) in [5, 5.41) is 3.14. The molecule has 0 heterocycles. The van der Waals surface area contributed by atoms with Crippen molar-refractivity contribution in [2.24, 2.45) is 10.8 Å². The maximum Gasteiger partial charge on any atom is 0.210 e. The highest BCUT2D eigenvalue weighted by atomic mass is 16.5. The van der Waals surface area contributed by atoms with E-state index in [1.54, 1.807) is 7.11 Å². The van der Waals surface area contributed by atoms with E-state index >= 15 is 0 Å². The Morgan fingerprint density at radius 2 is 2.25 bits per heavy atom. The molecule has 0 radical (unpaired) electrons. The third-order valence-electron chi connectivity index (χ3n) is 2.56. The van der Waals surface area contributed by atoms with E-state index in [1.807, 2.05) is 31.2 Å². The largest absolute Gasteiger partial charge is 0.382 e. The van der Waals surface area contributed by atoms with E-state index in [2.05, 4.69) is 15.7 Å². The predicted octanol–water partition coefficient (Wildman–Crippen LogP) is 1.49. The average Bonchev–Trinajstić information content (AvgIpc) is 2.46. The summed E-state index contributed by atoms with van der Waals surface area (Å²) in [6, 6.07) is 7.91. The van der Waals surface area contributed by atoms with Gasteiger partial charge in [0.25, 0.3) is 0 Å². The SMILES string of the molecule is CCOCCCN=C(NN)Nc1cccc(COC)c1. The number of guanidine groups is 1. The Balaban J connectivity index is 2.50. The van der Waals surface area contributed by atoms with Gasteiger partial charge in [0.05, 0.1) is 6.61 Å². The fourth-order valence-electron chi connectivity index (χ4n) is 1.67. The smallest absolute Gasteiger partial charge is 0.210 e.